The molecule has 8 heteroatoms. The first-order chi connectivity index (χ1) is 12.3. The van der Waals surface area contributed by atoms with E-state index in [4.69, 9.17) is 0 Å². The SMILES string of the molecule is Cc1ccc(S(=O)(=O)N2c3c(C)cc(F)cc3-c3cnnn3C2C)cc1. The third-order valence-electron chi connectivity index (χ3n) is 4.61. The normalized spacial score (nSPS) is 16.3. The van der Waals surface area contributed by atoms with Gasteiger partial charge in [-0.15, -0.1) is 5.10 Å². The molecule has 0 saturated heterocycles. The van der Waals surface area contributed by atoms with Gasteiger partial charge in [-0.25, -0.2) is 21.8 Å². The van der Waals surface area contributed by atoms with E-state index in [1.807, 2.05) is 6.92 Å². The molecule has 0 fully saturated rings. The molecule has 0 amide bonds. The van der Waals surface area contributed by atoms with Gasteiger partial charge in [0, 0.05) is 5.56 Å². The number of sulfonamides is 1. The molecule has 0 aliphatic carbocycles. The van der Waals surface area contributed by atoms with Crippen LogP contribution in [0.5, 0.6) is 0 Å². The Hall–Kier alpha value is -2.74. The summed E-state index contributed by atoms with van der Waals surface area (Å²) in [6.07, 6.45) is 0.889. The number of anilines is 1. The van der Waals surface area contributed by atoms with Crippen LogP contribution in [0.15, 0.2) is 47.5 Å². The molecular weight excluding hydrogens is 355 g/mol. The van der Waals surface area contributed by atoms with Crippen molar-refractivity contribution in [3.8, 4) is 11.3 Å². The van der Waals surface area contributed by atoms with Crippen LogP contribution in [0.2, 0.25) is 0 Å². The fourth-order valence-corrected chi connectivity index (χ4v) is 5.05. The van der Waals surface area contributed by atoms with E-state index in [0.717, 1.165) is 5.56 Å². The first kappa shape index (κ1) is 16.7. The number of nitrogens with zero attached hydrogens (tertiary/aromatic N) is 4. The Balaban J connectivity index is 2.00. The molecule has 1 aliphatic rings. The minimum absolute atomic E-state index is 0.174. The quantitative estimate of drug-likeness (QED) is 0.691. The van der Waals surface area contributed by atoms with Gasteiger partial charge in [0.15, 0.2) is 0 Å². The molecule has 4 rings (SSSR count). The number of aromatic nitrogens is 3. The number of benzene rings is 2. The van der Waals surface area contributed by atoms with Crippen LogP contribution in [0.1, 0.15) is 24.2 Å². The summed E-state index contributed by atoms with van der Waals surface area (Å²) in [5.41, 5.74) is 3.00. The molecule has 6 nitrogen and oxygen atoms in total. The van der Waals surface area contributed by atoms with Crippen molar-refractivity contribution in [1.82, 2.24) is 15.0 Å². The van der Waals surface area contributed by atoms with Gasteiger partial charge in [-0.3, -0.25) is 0 Å². The summed E-state index contributed by atoms with van der Waals surface area (Å²) in [7, 11) is -3.88. The average Bonchev–Trinajstić information content (AvgIpc) is 3.06. The Bertz CT molecular complexity index is 1110. The first-order valence-electron chi connectivity index (χ1n) is 8.12. The van der Waals surface area contributed by atoms with Crippen LogP contribution in [0.25, 0.3) is 11.3 Å². The van der Waals surface area contributed by atoms with Gasteiger partial charge < -0.3 is 0 Å². The highest BCUT2D eigenvalue weighted by atomic mass is 32.2. The average molecular weight is 372 g/mol. The van der Waals surface area contributed by atoms with Crippen LogP contribution in [-0.4, -0.2) is 23.4 Å². The molecule has 2 aromatic carbocycles. The molecule has 0 bridgehead atoms. The van der Waals surface area contributed by atoms with Gasteiger partial charge in [-0.05, 0) is 50.6 Å². The molecule has 1 unspecified atom stereocenters. The summed E-state index contributed by atoms with van der Waals surface area (Å²) in [5, 5.41) is 7.89. The number of hydrogen-bond donors (Lipinski definition) is 0. The van der Waals surface area contributed by atoms with Gasteiger partial charge in [0.25, 0.3) is 10.0 Å². The minimum atomic E-state index is -3.88. The molecule has 0 spiro atoms. The molecule has 3 aromatic rings. The van der Waals surface area contributed by atoms with Crippen molar-refractivity contribution in [2.75, 3.05) is 4.31 Å². The molecule has 1 aliphatic heterocycles. The van der Waals surface area contributed by atoms with Crippen molar-refractivity contribution < 1.29 is 12.8 Å². The lowest BCUT2D eigenvalue weighted by Crippen LogP contribution is -2.40. The number of aryl methyl sites for hydroxylation is 2. The van der Waals surface area contributed by atoms with Crippen molar-refractivity contribution >= 4 is 15.7 Å². The molecule has 134 valence electrons. The van der Waals surface area contributed by atoms with Crippen LogP contribution in [-0.2, 0) is 10.0 Å². The third kappa shape index (κ3) is 2.33. The highest BCUT2D eigenvalue weighted by molar-refractivity contribution is 7.92. The van der Waals surface area contributed by atoms with E-state index in [2.05, 4.69) is 10.3 Å². The topological polar surface area (TPSA) is 68.1 Å². The highest BCUT2D eigenvalue weighted by Crippen LogP contribution is 2.44. The second-order valence-corrected chi connectivity index (χ2v) is 8.24. The zero-order valence-corrected chi connectivity index (χ0v) is 15.3. The van der Waals surface area contributed by atoms with Crippen LogP contribution in [0.4, 0.5) is 10.1 Å². The molecule has 0 saturated carbocycles. The largest absolute Gasteiger partial charge is 0.266 e. The zero-order chi connectivity index (χ0) is 18.6. The summed E-state index contributed by atoms with van der Waals surface area (Å²) < 4.78 is 43.6. The second kappa shape index (κ2) is 5.63. The second-order valence-electron chi connectivity index (χ2n) is 6.43. The van der Waals surface area contributed by atoms with E-state index < -0.39 is 22.0 Å². The maximum atomic E-state index is 14.0. The Morgan fingerprint density at radius 1 is 1.12 bits per heavy atom. The van der Waals surface area contributed by atoms with Gasteiger partial charge in [-0.1, -0.05) is 22.9 Å². The molecule has 2 heterocycles. The Morgan fingerprint density at radius 3 is 2.50 bits per heavy atom. The van der Waals surface area contributed by atoms with Crippen molar-refractivity contribution in [3.63, 3.8) is 0 Å². The standard InChI is InChI=1S/C18H17FN4O2S/c1-11-4-6-15(7-5-11)26(24,25)23-13(3)22-17(10-20-21-22)16-9-14(19)8-12(2)18(16)23/h4-10,13H,1-3H3. The van der Waals surface area contributed by atoms with E-state index in [-0.39, 0.29) is 4.90 Å². The van der Waals surface area contributed by atoms with Crippen LogP contribution < -0.4 is 4.31 Å². The predicted molar refractivity (Wildman–Crippen MR) is 95.7 cm³/mol. The maximum absolute atomic E-state index is 14.0. The van der Waals surface area contributed by atoms with Gasteiger partial charge in [0.2, 0.25) is 0 Å². The van der Waals surface area contributed by atoms with Crippen LogP contribution >= 0.6 is 0 Å². The van der Waals surface area contributed by atoms with E-state index in [0.29, 0.717) is 22.5 Å². The van der Waals surface area contributed by atoms with E-state index >= 15 is 0 Å². The fourth-order valence-electron chi connectivity index (χ4n) is 3.37. The lowest BCUT2D eigenvalue weighted by molar-refractivity contribution is 0.478. The summed E-state index contributed by atoms with van der Waals surface area (Å²) in [4.78, 5) is 0.174. The lowest BCUT2D eigenvalue weighted by Gasteiger charge is -2.37. The molecule has 1 atom stereocenters. The Kier molecular flexibility index (Phi) is 3.62. The van der Waals surface area contributed by atoms with Gasteiger partial charge in [-0.2, -0.15) is 0 Å². The van der Waals surface area contributed by atoms with E-state index in [9.17, 15) is 12.8 Å². The third-order valence-corrected chi connectivity index (χ3v) is 6.48. The lowest BCUT2D eigenvalue weighted by atomic mass is 10.0. The summed E-state index contributed by atoms with van der Waals surface area (Å²) >= 11 is 0. The maximum Gasteiger partial charge on any atom is 0.266 e. The van der Waals surface area contributed by atoms with Crippen molar-refractivity contribution in [2.45, 2.75) is 31.8 Å². The van der Waals surface area contributed by atoms with E-state index in [1.54, 1.807) is 38.1 Å². The Labute approximate surface area is 150 Å². The predicted octanol–water partition coefficient (Wildman–Crippen LogP) is 3.43. The number of fused-ring (bicyclic) bond motifs is 3. The molecule has 0 radical (unpaired) electrons. The number of rotatable bonds is 2. The number of hydrogen-bond acceptors (Lipinski definition) is 4. The smallest absolute Gasteiger partial charge is 0.242 e. The van der Waals surface area contributed by atoms with Gasteiger partial charge >= 0.3 is 0 Å². The van der Waals surface area contributed by atoms with Crippen LogP contribution in [0, 0.1) is 19.7 Å². The van der Waals surface area contributed by atoms with Gasteiger partial charge in [0.1, 0.15) is 12.0 Å². The molecule has 26 heavy (non-hydrogen) atoms. The first-order valence-corrected chi connectivity index (χ1v) is 9.56. The molecule has 1 aromatic heterocycles. The van der Waals surface area contributed by atoms with Gasteiger partial charge in [0.05, 0.1) is 22.5 Å². The summed E-state index contributed by atoms with van der Waals surface area (Å²) in [6, 6.07) is 9.31. The van der Waals surface area contributed by atoms with Crippen molar-refractivity contribution in [1.29, 1.82) is 0 Å². The fraction of sp³-hybridized carbons (Fsp3) is 0.222. The summed E-state index contributed by atoms with van der Waals surface area (Å²) in [6.45, 7) is 5.32. The van der Waals surface area contributed by atoms with Crippen LogP contribution in [0.3, 0.4) is 0 Å². The van der Waals surface area contributed by atoms with Crippen molar-refractivity contribution in [2.24, 2.45) is 0 Å². The van der Waals surface area contributed by atoms with E-state index in [1.165, 1.54) is 27.3 Å². The Morgan fingerprint density at radius 2 is 1.81 bits per heavy atom. The summed E-state index contributed by atoms with van der Waals surface area (Å²) in [5.74, 6) is -0.434. The molecule has 0 N–H and O–H groups in total. The highest BCUT2D eigenvalue weighted by Gasteiger charge is 2.38. The van der Waals surface area contributed by atoms with Crippen molar-refractivity contribution in [3.05, 3.63) is 59.5 Å². The monoisotopic (exact) mass is 372 g/mol. The molecular formula is C18H17FN4O2S. The minimum Gasteiger partial charge on any atom is -0.242 e. The number of halogens is 1. The zero-order valence-electron chi connectivity index (χ0n) is 14.5.